The summed E-state index contributed by atoms with van der Waals surface area (Å²) in [4.78, 5) is 4.32. The fourth-order valence-electron chi connectivity index (χ4n) is 4.71. The van der Waals surface area contributed by atoms with Crippen molar-refractivity contribution in [3.63, 3.8) is 0 Å². The highest BCUT2D eigenvalue weighted by Crippen LogP contribution is 2.37. The summed E-state index contributed by atoms with van der Waals surface area (Å²) in [5.41, 5.74) is 5.03. The molecular formula is C34H26N2O. The average Bonchev–Trinajstić information content (AvgIpc) is 2.97. The minimum Gasteiger partial charge on any atom is -0.497 e. The Bertz CT molecular complexity index is 1610. The van der Waals surface area contributed by atoms with Crippen LogP contribution in [-0.4, -0.2) is 14.2 Å². The van der Waals surface area contributed by atoms with Crippen LogP contribution in [-0.2, 0) is 0 Å². The Morgan fingerprint density at radius 1 is 0.514 bits per heavy atom. The summed E-state index contributed by atoms with van der Waals surface area (Å²) in [6, 6.07) is 49.1. The molecule has 0 aromatic heterocycles. The van der Waals surface area contributed by atoms with Crippen molar-refractivity contribution in [3.8, 4) is 5.75 Å². The topological polar surface area (TPSA) is 15.7 Å². The van der Waals surface area contributed by atoms with Crippen molar-refractivity contribution in [2.45, 2.75) is 0 Å². The van der Waals surface area contributed by atoms with E-state index in [1.807, 2.05) is 25.2 Å². The molecule has 0 amide bonds. The van der Waals surface area contributed by atoms with Crippen LogP contribution in [0.2, 0.25) is 0 Å². The molecule has 0 atom stereocenters. The van der Waals surface area contributed by atoms with Crippen molar-refractivity contribution in [2.75, 3.05) is 24.0 Å². The van der Waals surface area contributed by atoms with Crippen LogP contribution in [0.25, 0.3) is 21.5 Å². The third-order valence-corrected chi connectivity index (χ3v) is 6.74. The van der Waals surface area contributed by atoms with Crippen LogP contribution in [0.15, 0.2) is 121 Å². The van der Waals surface area contributed by atoms with Crippen LogP contribution < -0.4 is 14.5 Å². The molecule has 0 aliphatic heterocycles. The number of fused-ring (bicyclic) bond motifs is 2. The van der Waals surface area contributed by atoms with Crippen molar-refractivity contribution in [1.82, 2.24) is 0 Å². The van der Waals surface area contributed by atoms with Crippen molar-refractivity contribution >= 4 is 50.0 Å². The van der Waals surface area contributed by atoms with Gasteiger partial charge in [-0.05, 0) is 82.2 Å². The molecule has 3 heteroatoms. The van der Waals surface area contributed by atoms with E-state index in [9.17, 15) is 0 Å². The minimum absolute atomic E-state index is 0.823. The number of nitrogens with zero attached hydrogens (tertiary/aromatic N) is 2. The predicted octanol–water partition coefficient (Wildman–Crippen LogP) is 8.84. The van der Waals surface area contributed by atoms with Gasteiger partial charge >= 0.3 is 0 Å². The fraction of sp³-hybridized carbons (Fsp3) is 0.0588. The van der Waals surface area contributed by atoms with E-state index in [0.29, 0.717) is 0 Å². The lowest BCUT2D eigenvalue weighted by molar-refractivity contribution is 0.415. The highest BCUT2D eigenvalue weighted by Gasteiger charge is 2.14. The Morgan fingerprint density at radius 3 is 1.65 bits per heavy atom. The lowest BCUT2D eigenvalue weighted by Gasteiger charge is -2.25. The van der Waals surface area contributed by atoms with Gasteiger partial charge in [-0.25, -0.2) is 0 Å². The Labute approximate surface area is 217 Å². The molecule has 37 heavy (non-hydrogen) atoms. The summed E-state index contributed by atoms with van der Waals surface area (Å²) in [5.74, 6) is 0.823. The quantitative estimate of drug-likeness (QED) is 0.238. The number of hydrogen-bond acceptors (Lipinski definition) is 3. The summed E-state index contributed by atoms with van der Waals surface area (Å²) in [6.07, 6.45) is 0. The van der Waals surface area contributed by atoms with Gasteiger partial charge in [0.2, 0.25) is 0 Å². The van der Waals surface area contributed by atoms with Crippen molar-refractivity contribution in [3.05, 3.63) is 133 Å². The van der Waals surface area contributed by atoms with E-state index in [-0.39, 0.29) is 0 Å². The highest BCUT2D eigenvalue weighted by atomic mass is 16.5. The number of ether oxygens (including phenoxy) is 1. The minimum atomic E-state index is 0.823. The van der Waals surface area contributed by atoms with E-state index in [1.54, 1.807) is 7.11 Å². The standard InChI is InChI=1S/C34H26N2O/c1-35(31-12-7-13-34(24-31)37-2)29-18-20-30(21-19-29)36(32-16-14-25-8-3-5-10-27(25)22-32)33-17-15-26-9-4-6-11-28(26)23-33/h3-18,20,22-24H,1-2H3. The third kappa shape index (κ3) is 4.42. The summed E-state index contributed by atoms with van der Waals surface area (Å²) >= 11 is 0. The van der Waals surface area contributed by atoms with Crippen LogP contribution in [0, 0.1) is 12.1 Å². The number of anilines is 5. The molecule has 0 N–H and O–H groups in total. The first-order valence-corrected chi connectivity index (χ1v) is 12.3. The summed E-state index contributed by atoms with van der Waals surface area (Å²) in [7, 11) is 3.71. The second kappa shape index (κ2) is 9.60. The molecule has 0 bridgehead atoms. The molecule has 6 aromatic rings. The molecule has 0 radical (unpaired) electrons. The third-order valence-electron chi connectivity index (χ3n) is 6.74. The van der Waals surface area contributed by atoms with Gasteiger partial charge in [-0.15, -0.1) is 0 Å². The zero-order chi connectivity index (χ0) is 25.2. The van der Waals surface area contributed by atoms with Gasteiger partial charge in [-0.2, -0.15) is 0 Å². The van der Waals surface area contributed by atoms with E-state index < -0.39 is 0 Å². The molecular weight excluding hydrogens is 452 g/mol. The van der Waals surface area contributed by atoms with Crippen LogP contribution in [0.4, 0.5) is 28.4 Å². The van der Waals surface area contributed by atoms with E-state index in [2.05, 4.69) is 125 Å². The van der Waals surface area contributed by atoms with Crippen molar-refractivity contribution in [2.24, 2.45) is 0 Å². The van der Waals surface area contributed by atoms with Crippen molar-refractivity contribution in [1.29, 1.82) is 0 Å². The highest BCUT2D eigenvalue weighted by molar-refractivity contribution is 5.92. The summed E-state index contributed by atoms with van der Waals surface area (Å²) in [5, 5.41) is 4.83. The van der Waals surface area contributed by atoms with Gasteiger partial charge in [-0.1, -0.05) is 66.7 Å². The second-order valence-electron chi connectivity index (χ2n) is 9.01. The van der Waals surface area contributed by atoms with E-state index in [1.165, 1.54) is 21.5 Å². The summed E-state index contributed by atoms with van der Waals surface area (Å²) < 4.78 is 5.40. The molecule has 0 unspecified atom stereocenters. The zero-order valence-corrected chi connectivity index (χ0v) is 20.8. The van der Waals surface area contributed by atoms with Gasteiger partial charge in [0, 0.05) is 30.2 Å². The molecule has 6 rings (SSSR count). The van der Waals surface area contributed by atoms with Gasteiger partial charge in [-0.3, -0.25) is 0 Å². The van der Waals surface area contributed by atoms with E-state index in [4.69, 9.17) is 4.74 Å². The first kappa shape index (κ1) is 22.5. The molecule has 3 nitrogen and oxygen atoms in total. The molecule has 0 aliphatic rings. The van der Waals surface area contributed by atoms with Crippen LogP contribution in [0.3, 0.4) is 0 Å². The lowest BCUT2D eigenvalue weighted by atomic mass is 10.1. The van der Waals surface area contributed by atoms with Gasteiger partial charge in [0.05, 0.1) is 18.5 Å². The summed E-state index contributed by atoms with van der Waals surface area (Å²) in [6.45, 7) is 0. The maximum atomic E-state index is 5.40. The molecule has 0 spiro atoms. The van der Waals surface area contributed by atoms with Crippen LogP contribution >= 0.6 is 0 Å². The van der Waals surface area contributed by atoms with Gasteiger partial charge < -0.3 is 14.5 Å². The molecule has 0 saturated carbocycles. The first-order chi connectivity index (χ1) is 18.2. The van der Waals surface area contributed by atoms with Gasteiger partial charge in [0.15, 0.2) is 0 Å². The maximum Gasteiger partial charge on any atom is 0.120 e. The van der Waals surface area contributed by atoms with Crippen molar-refractivity contribution < 1.29 is 4.74 Å². The normalized spacial score (nSPS) is 10.8. The largest absolute Gasteiger partial charge is 0.497 e. The Kier molecular flexibility index (Phi) is 5.84. The van der Waals surface area contributed by atoms with Crippen LogP contribution in [0.5, 0.6) is 5.75 Å². The molecule has 0 heterocycles. The SMILES string of the molecule is COc1cccc(N(C)c2c#cc(N(c3ccc4ccccc4c3)c3ccc4ccccc4c3)cc2)c1. The zero-order valence-electron chi connectivity index (χ0n) is 20.8. The Balaban J connectivity index is 1.43. The Morgan fingerprint density at radius 2 is 1.08 bits per heavy atom. The molecule has 0 fully saturated rings. The number of hydrogen-bond donors (Lipinski definition) is 0. The Hall–Kier alpha value is -4.94. The van der Waals surface area contributed by atoms with Gasteiger partial charge in [0.25, 0.3) is 0 Å². The maximum absolute atomic E-state index is 5.40. The lowest BCUT2D eigenvalue weighted by Crippen LogP contribution is -2.11. The molecule has 0 saturated heterocycles. The molecule has 178 valence electrons. The van der Waals surface area contributed by atoms with E-state index in [0.717, 1.165) is 34.2 Å². The van der Waals surface area contributed by atoms with E-state index >= 15 is 0 Å². The molecule has 0 aliphatic carbocycles. The number of rotatable bonds is 6. The van der Waals surface area contributed by atoms with Gasteiger partial charge in [0.1, 0.15) is 5.75 Å². The smallest absolute Gasteiger partial charge is 0.120 e. The monoisotopic (exact) mass is 478 g/mol. The predicted molar refractivity (Wildman–Crippen MR) is 155 cm³/mol. The molecule has 6 aromatic carbocycles. The second-order valence-corrected chi connectivity index (χ2v) is 9.01. The fourth-order valence-corrected chi connectivity index (χ4v) is 4.71. The average molecular weight is 479 g/mol. The first-order valence-electron chi connectivity index (χ1n) is 12.3. The number of methoxy groups -OCH3 is 1. The number of benzene rings is 5. The van der Waals surface area contributed by atoms with Crippen LogP contribution in [0.1, 0.15) is 0 Å².